The van der Waals surface area contributed by atoms with Gasteiger partial charge in [-0.1, -0.05) is 20.8 Å². The lowest BCUT2D eigenvalue weighted by Gasteiger charge is -2.58. The van der Waals surface area contributed by atoms with E-state index in [1.54, 1.807) is 0 Å². The molecule has 2 saturated heterocycles. The Morgan fingerprint density at radius 1 is 1.53 bits per heavy atom. The molecule has 2 aliphatic heterocycles. The number of piperidine rings is 1. The maximum atomic E-state index is 11.8. The monoisotopic (exact) mass is 241 g/mol. The molecular weight excluding hydrogens is 222 g/mol. The van der Waals surface area contributed by atoms with Crippen molar-refractivity contribution in [2.45, 2.75) is 45.2 Å². The first kappa shape index (κ1) is 12.4. The summed E-state index contributed by atoms with van der Waals surface area (Å²) in [6.45, 7) is 6.54. The summed E-state index contributed by atoms with van der Waals surface area (Å²) in [4.78, 5) is 24.8. The maximum absolute atomic E-state index is 11.8. The van der Waals surface area contributed by atoms with Gasteiger partial charge in [-0.2, -0.15) is 0 Å². The maximum Gasteiger partial charge on any atom is 0.408 e. The van der Waals surface area contributed by atoms with Crippen LogP contribution in [0.25, 0.3) is 0 Å². The smallest absolute Gasteiger partial charge is 0.408 e. The topological polar surface area (TPSA) is 66.8 Å². The predicted octanol–water partition coefficient (Wildman–Crippen LogP) is 1.51. The van der Waals surface area contributed by atoms with Gasteiger partial charge in [0.25, 0.3) is 0 Å². The van der Waals surface area contributed by atoms with Crippen LogP contribution < -0.4 is 0 Å². The van der Waals surface area contributed by atoms with E-state index in [0.717, 1.165) is 0 Å². The summed E-state index contributed by atoms with van der Waals surface area (Å²) in [5.41, 5.74) is -1.03. The van der Waals surface area contributed by atoms with Crippen molar-refractivity contribution < 1.29 is 19.4 Å². The Morgan fingerprint density at radius 2 is 2.18 bits per heavy atom. The highest BCUT2D eigenvalue weighted by Crippen LogP contribution is 2.45. The number of hydrogen-bond donors (Lipinski definition) is 1. The van der Waals surface area contributed by atoms with Crippen molar-refractivity contribution in [3.05, 3.63) is 0 Å². The van der Waals surface area contributed by atoms with E-state index in [-0.39, 0.29) is 30.1 Å². The van der Waals surface area contributed by atoms with Gasteiger partial charge in [-0.05, 0) is 5.41 Å². The van der Waals surface area contributed by atoms with Gasteiger partial charge >= 0.3 is 6.09 Å². The molecule has 5 nitrogen and oxygen atoms in total. The van der Waals surface area contributed by atoms with Crippen molar-refractivity contribution in [3.63, 3.8) is 0 Å². The van der Waals surface area contributed by atoms with Gasteiger partial charge in [-0.15, -0.1) is 0 Å². The Hall–Kier alpha value is -1.10. The average Bonchev–Trinajstić information content (AvgIpc) is 2.13. The molecule has 2 fully saturated rings. The molecule has 5 heteroatoms. The summed E-state index contributed by atoms with van der Waals surface area (Å²) in [6, 6.07) is -0.318. The highest BCUT2D eigenvalue weighted by Gasteiger charge is 2.57. The van der Waals surface area contributed by atoms with Crippen molar-refractivity contribution in [2.75, 3.05) is 13.2 Å². The summed E-state index contributed by atoms with van der Waals surface area (Å²) in [6.07, 6.45) is -0.399. The first-order chi connectivity index (χ1) is 7.78. The van der Waals surface area contributed by atoms with Crippen LogP contribution in [0.5, 0.6) is 0 Å². The number of hydrogen-bond acceptors (Lipinski definition) is 3. The number of ether oxygens (including phenoxy) is 1. The summed E-state index contributed by atoms with van der Waals surface area (Å²) in [5, 5.41) is 9.42. The minimum Gasteiger partial charge on any atom is -0.465 e. The second kappa shape index (κ2) is 3.70. The number of morpholine rings is 1. The normalized spacial score (nSPS) is 33.7. The zero-order valence-corrected chi connectivity index (χ0v) is 10.5. The first-order valence-corrected chi connectivity index (χ1v) is 5.90. The lowest BCUT2D eigenvalue weighted by Crippen LogP contribution is -2.71. The fourth-order valence-electron chi connectivity index (χ4n) is 2.99. The van der Waals surface area contributed by atoms with Gasteiger partial charge in [-0.3, -0.25) is 9.69 Å². The summed E-state index contributed by atoms with van der Waals surface area (Å²) < 4.78 is 5.54. The van der Waals surface area contributed by atoms with Crippen molar-refractivity contribution in [3.8, 4) is 0 Å². The molecule has 2 rings (SSSR count). The van der Waals surface area contributed by atoms with E-state index in [1.165, 1.54) is 4.90 Å². The molecule has 17 heavy (non-hydrogen) atoms. The van der Waals surface area contributed by atoms with Crippen LogP contribution in [0.1, 0.15) is 33.6 Å². The number of amides is 1. The van der Waals surface area contributed by atoms with Crippen molar-refractivity contribution >= 4 is 11.9 Å². The lowest BCUT2D eigenvalue weighted by molar-refractivity contribution is -0.167. The number of carbonyl (C=O) groups is 2. The van der Waals surface area contributed by atoms with Gasteiger partial charge in [0.15, 0.2) is 0 Å². The number of rotatable bonds is 0. The van der Waals surface area contributed by atoms with Gasteiger partial charge in [-0.25, -0.2) is 4.79 Å². The Morgan fingerprint density at radius 3 is 2.71 bits per heavy atom. The quantitative estimate of drug-likeness (QED) is 0.698. The summed E-state index contributed by atoms with van der Waals surface area (Å²) >= 11 is 0. The molecule has 2 aliphatic rings. The molecule has 0 saturated carbocycles. The van der Waals surface area contributed by atoms with E-state index in [0.29, 0.717) is 13.2 Å². The van der Waals surface area contributed by atoms with E-state index in [2.05, 4.69) is 0 Å². The molecule has 0 aromatic rings. The zero-order valence-electron chi connectivity index (χ0n) is 10.5. The van der Waals surface area contributed by atoms with Crippen LogP contribution >= 0.6 is 0 Å². The van der Waals surface area contributed by atoms with Crippen molar-refractivity contribution in [1.82, 2.24) is 4.90 Å². The Labute approximate surface area is 101 Å². The van der Waals surface area contributed by atoms with E-state index >= 15 is 0 Å². The van der Waals surface area contributed by atoms with Crippen LogP contribution in [0, 0.1) is 5.41 Å². The first-order valence-electron chi connectivity index (χ1n) is 5.90. The third-order valence-electron chi connectivity index (χ3n) is 4.03. The Balaban J connectivity index is 2.48. The number of ketones is 1. The van der Waals surface area contributed by atoms with E-state index in [1.807, 2.05) is 20.8 Å². The highest BCUT2D eigenvalue weighted by atomic mass is 16.5. The molecule has 2 unspecified atom stereocenters. The molecule has 1 N–H and O–H groups in total. The van der Waals surface area contributed by atoms with Gasteiger partial charge in [0.1, 0.15) is 5.78 Å². The average molecular weight is 241 g/mol. The van der Waals surface area contributed by atoms with Gasteiger partial charge < -0.3 is 9.84 Å². The number of nitrogens with zero attached hydrogens (tertiary/aromatic N) is 1. The highest BCUT2D eigenvalue weighted by molar-refractivity contribution is 5.84. The summed E-state index contributed by atoms with van der Waals surface area (Å²) in [5.74, 6) is 0.144. The third-order valence-corrected chi connectivity index (χ3v) is 4.03. The molecule has 0 radical (unpaired) electrons. The van der Waals surface area contributed by atoms with E-state index < -0.39 is 11.6 Å². The van der Waals surface area contributed by atoms with Crippen molar-refractivity contribution in [2.24, 2.45) is 5.41 Å². The van der Waals surface area contributed by atoms with E-state index in [9.17, 15) is 14.7 Å². The molecule has 0 aromatic carbocycles. The standard InChI is InChI=1S/C12H19NO4/c1-11(2,3)12-5-9(14)4-8(6-17-7-12)13(12)10(15)16/h8H,4-7H2,1-3H3,(H,15,16). The van der Waals surface area contributed by atoms with Crippen LogP contribution in [0.4, 0.5) is 4.79 Å². The van der Waals surface area contributed by atoms with Gasteiger partial charge in [0, 0.05) is 12.8 Å². The molecule has 0 aliphatic carbocycles. The number of Topliss-reactive ketones (excluding diaryl/α,β-unsaturated/α-hetero) is 1. The minimum atomic E-state index is -0.944. The molecule has 0 spiro atoms. The number of carboxylic acid groups (broad SMARTS) is 1. The zero-order chi connectivity index (χ0) is 12.8. The molecule has 0 aromatic heterocycles. The molecule has 2 atom stereocenters. The fraction of sp³-hybridized carbons (Fsp3) is 0.833. The SMILES string of the molecule is CC(C)(C)C12COCC(CC(=O)C1)N2C(=O)O. The molecule has 2 bridgehead atoms. The van der Waals surface area contributed by atoms with Gasteiger partial charge in [0.05, 0.1) is 24.8 Å². The van der Waals surface area contributed by atoms with Crippen LogP contribution in [-0.4, -0.2) is 46.7 Å². The number of fused-ring (bicyclic) bond motifs is 2. The van der Waals surface area contributed by atoms with Crippen LogP contribution in [-0.2, 0) is 9.53 Å². The Kier molecular flexibility index (Phi) is 2.69. The predicted molar refractivity (Wildman–Crippen MR) is 60.9 cm³/mol. The molecule has 1 amide bonds. The largest absolute Gasteiger partial charge is 0.465 e. The Bertz CT molecular complexity index is 360. The van der Waals surface area contributed by atoms with E-state index in [4.69, 9.17) is 4.74 Å². The minimum absolute atomic E-state index is 0.144. The molecule has 96 valence electrons. The second-order valence-electron chi connectivity index (χ2n) is 6.02. The van der Waals surface area contributed by atoms with Crippen molar-refractivity contribution in [1.29, 1.82) is 0 Å². The summed E-state index contributed by atoms with van der Waals surface area (Å²) in [7, 11) is 0. The fourth-order valence-corrected chi connectivity index (χ4v) is 2.99. The van der Waals surface area contributed by atoms with Crippen LogP contribution in [0.15, 0.2) is 0 Å². The number of carbonyl (C=O) groups excluding carboxylic acids is 1. The molecular formula is C12H19NO4. The van der Waals surface area contributed by atoms with Gasteiger partial charge in [0.2, 0.25) is 0 Å². The lowest BCUT2D eigenvalue weighted by atomic mass is 9.66. The third kappa shape index (κ3) is 1.73. The van der Waals surface area contributed by atoms with Crippen LogP contribution in [0.2, 0.25) is 0 Å². The van der Waals surface area contributed by atoms with Crippen LogP contribution in [0.3, 0.4) is 0 Å². The second-order valence-corrected chi connectivity index (χ2v) is 6.02. The molecule has 2 heterocycles.